The van der Waals surface area contributed by atoms with E-state index in [9.17, 15) is 9.59 Å². The molecule has 126 valence electrons. The zero-order valence-electron chi connectivity index (χ0n) is 13.5. The third-order valence-electron chi connectivity index (χ3n) is 3.91. The summed E-state index contributed by atoms with van der Waals surface area (Å²) in [7, 11) is 1.50. The van der Waals surface area contributed by atoms with Crippen LogP contribution in [0.3, 0.4) is 0 Å². The molecule has 7 nitrogen and oxygen atoms in total. The maximum atomic E-state index is 12.5. The minimum Gasteiger partial charge on any atom is -0.493 e. The Labute approximate surface area is 135 Å². The van der Waals surface area contributed by atoms with E-state index >= 15 is 0 Å². The van der Waals surface area contributed by atoms with Crippen LogP contribution in [0.1, 0.15) is 26.2 Å². The summed E-state index contributed by atoms with van der Waals surface area (Å²) < 4.78 is 10.5. The first-order valence-electron chi connectivity index (χ1n) is 7.60. The summed E-state index contributed by atoms with van der Waals surface area (Å²) in [5.74, 6) is 0.140. The van der Waals surface area contributed by atoms with Gasteiger partial charge in [0.2, 0.25) is 5.91 Å². The molecule has 1 heterocycles. The molecule has 23 heavy (non-hydrogen) atoms. The highest BCUT2D eigenvalue weighted by atomic mass is 16.5. The molecule has 0 bridgehead atoms. The number of amides is 2. The van der Waals surface area contributed by atoms with Gasteiger partial charge in [0.15, 0.2) is 18.1 Å². The largest absolute Gasteiger partial charge is 0.493 e. The fourth-order valence-electron chi connectivity index (χ4n) is 2.54. The van der Waals surface area contributed by atoms with Gasteiger partial charge in [0.05, 0.1) is 12.6 Å². The second-order valence-corrected chi connectivity index (χ2v) is 5.79. The van der Waals surface area contributed by atoms with E-state index in [1.165, 1.54) is 7.11 Å². The molecule has 2 amide bonds. The lowest BCUT2D eigenvalue weighted by Gasteiger charge is -2.33. The Morgan fingerprint density at radius 1 is 1.35 bits per heavy atom. The third-order valence-corrected chi connectivity index (χ3v) is 3.91. The van der Waals surface area contributed by atoms with E-state index in [1.54, 1.807) is 18.2 Å². The number of hydrogen-bond donors (Lipinski definition) is 3. The Balaban J connectivity index is 2.11. The lowest BCUT2D eigenvalue weighted by molar-refractivity contribution is -0.122. The SMILES string of the molecule is COc1ccc(NC(=O)C2(C)CCCCN2)cc1OCC(N)=O. The van der Waals surface area contributed by atoms with Gasteiger partial charge in [-0.3, -0.25) is 9.59 Å². The molecule has 0 radical (unpaired) electrons. The van der Waals surface area contributed by atoms with E-state index in [1.807, 2.05) is 6.92 Å². The summed E-state index contributed by atoms with van der Waals surface area (Å²) in [5.41, 5.74) is 5.08. The van der Waals surface area contributed by atoms with Crippen LogP contribution in [0.15, 0.2) is 18.2 Å². The lowest BCUT2D eigenvalue weighted by atomic mass is 9.90. The first-order chi connectivity index (χ1) is 10.9. The molecule has 2 rings (SSSR count). The molecule has 0 spiro atoms. The van der Waals surface area contributed by atoms with Gasteiger partial charge in [-0.25, -0.2) is 0 Å². The number of carbonyl (C=O) groups excluding carboxylic acids is 2. The van der Waals surface area contributed by atoms with E-state index < -0.39 is 11.4 Å². The van der Waals surface area contributed by atoms with Gasteiger partial charge in [0.1, 0.15) is 0 Å². The zero-order chi connectivity index (χ0) is 16.9. The van der Waals surface area contributed by atoms with Gasteiger partial charge in [-0.05, 0) is 44.9 Å². The van der Waals surface area contributed by atoms with Gasteiger partial charge in [0, 0.05) is 11.8 Å². The van der Waals surface area contributed by atoms with Crippen molar-refractivity contribution in [1.29, 1.82) is 0 Å². The van der Waals surface area contributed by atoms with Crippen molar-refractivity contribution < 1.29 is 19.1 Å². The lowest BCUT2D eigenvalue weighted by Crippen LogP contribution is -2.54. The predicted molar refractivity (Wildman–Crippen MR) is 86.6 cm³/mol. The number of benzene rings is 1. The molecule has 1 saturated heterocycles. The van der Waals surface area contributed by atoms with Gasteiger partial charge in [-0.1, -0.05) is 0 Å². The molecule has 1 atom stereocenters. The van der Waals surface area contributed by atoms with Crippen LogP contribution in [-0.4, -0.2) is 37.6 Å². The molecule has 1 unspecified atom stereocenters. The summed E-state index contributed by atoms with van der Waals surface area (Å²) in [6.07, 6.45) is 2.89. The van der Waals surface area contributed by atoms with Crippen molar-refractivity contribution in [3.8, 4) is 11.5 Å². The zero-order valence-corrected chi connectivity index (χ0v) is 13.5. The molecule has 1 aromatic rings. The minimum atomic E-state index is -0.583. The normalized spacial score (nSPS) is 20.6. The fourth-order valence-corrected chi connectivity index (χ4v) is 2.54. The summed E-state index contributed by atoms with van der Waals surface area (Å²) in [4.78, 5) is 23.4. The van der Waals surface area contributed by atoms with Crippen LogP contribution in [-0.2, 0) is 9.59 Å². The van der Waals surface area contributed by atoms with Gasteiger partial charge < -0.3 is 25.8 Å². The molecule has 4 N–H and O–H groups in total. The first kappa shape index (κ1) is 17.1. The van der Waals surface area contributed by atoms with E-state index in [-0.39, 0.29) is 12.5 Å². The van der Waals surface area contributed by atoms with Crippen molar-refractivity contribution in [2.45, 2.75) is 31.7 Å². The van der Waals surface area contributed by atoms with Crippen LogP contribution in [0.5, 0.6) is 11.5 Å². The van der Waals surface area contributed by atoms with Gasteiger partial charge in [-0.2, -0.15) is 0 Å². The molecule has 0 saturated carbocycles. The topological polar surface area (TPSA) is 103 Å². The number of ether oxygens (including phenoxy) is 2. The summed E-state index contributed by atoms with van der Waals surface area (Å²) in [5, 5.41) is 6.14. The average Bonchev–Trinajstić information content (AvgIpc) is 2.53. The van der Waals surface area contributed by atoms with Crippen molar-refractivity contribution in [2.75, 3.05) is 25.6 Å². The van der Waals surface area contributed by atoms with Crippen LogP contribution in [0.2, 0.25) is 0 Å². The number of primary amides is 1. The van der Waals surface area contributed by atoms with Crippen LogP contribution >= 0.6 is 0 Å². The van der Waals surface area contributed by atoms with E-state index in [2.05, 4.69) is 10.6 Å². The highest BCUT2D eigenvalue weighted by Crippen LogP contribution is 2.31. The van der Waals surface area contributed by atoms with E-state index in [0.717, 1.165) is 25.8 Å². The number of piperidine rings is 1. The highest BCUT2D eigenvalue weighted by molar-refractivity contribution is 5.98. The Hall–Kier alpha value is -2.28. The fraction of sp³-hybridized carbons (Fsp3) is 0.500. The first-order valence-corrected chi connectivity index (χ1v) is 7.60. The summed E-state index contributed by atoms with van der Waals surface area (Å²) in [6.45, 7) is 2.47. The van der Waals surface area contributed by atoms with Crippen molar-refractivity contribution in [3.63, 3.8) is 0 Å². The van der Waals surface area contributed by atoms with E-state index in [4.69, 9.17) is 15.2 Å². The Morgan fingerprint density at radius 3 is 2.74 bits per heavy atom. The Bertz CT molecular complexity index is 583. The number of nitrogens with one attached hydrogen (secondary N) is 2. The second kappa shape index (κ2) is 7.32. The molecule has 0 aliphatic carbocycles. The van der Waals surface area contributed by atoms with Crippen molar-refractivity contribution in [3.05, 3.63) is 18.2 Å². The second-order valence-electron chi connectivity index (χ2n) is 5.79. The molecule has 1 aliphatic heterocycles. The monoisotopic (exact) mass is 321 g/mol. The number of hydrogen-bond acceptors (Lipinski definition) is 5. The molecule has 1 aromatic carbocycles. The molecule has 0 aromatic heterocycles. The molecule has 1 fully saturated rings. The van der Waals surface area contributed by atoms with Crippen LogP contribution in [0.25, 0.3) is 0 Å². The van der Waals surface area contributed by atoms with Gasteiger partial charge >= 0.3 is 0 Å². The number of anilines is 1. The van der Waals surface area contributed by atoms with Crippen molar-refractivity contribution in [2.24, 2.45) is 5.73 Å². The quantitative estimate of drug-likeness (QED) is 0.726. The number of carbonyl (C=O) groups is 2. The average molecular weight is 321 g/mol. The van der Waals surface area contributed by atoms with Gasteiger partial charge in [0.25, 0.3) is 5.91 Å². The highest BCUT2D eigenvalue weighted by Gasteiger charge is 2.34. The molecule has 7 heteroatoms. The Morgan fingerprint density at radius 2 is 2.13 bits per heavy atom. The number of rotatable bonds is 6. The minimum absolute atomic E-state index is 0.0942. The summed E-state index contributed by atoms with van der Waals surface area (Å²) in [6, 6.07) is 5.01. The van der Waals surface area contributed by atoms with Crippen molar-refractivity contribution >= 4 is 17.5 Å². The van der Waals surface area contributed by atoms with Crippen LogP contribution in [0.4, 0.5) is 5.69 Å². The van der Waals surface area contributed by atoms with Gasteiger partial charge in [-0.15, -0.1) is 0 Å². The maximum absolute atomic E-state index is 12.5. The van der Waals surface area contributed by atoms with E-state index in [0.29, 0.717) is 17.2 Å². The predicted octanol–water partition coefficient (Wildman–Crippen LogP) is 1.03. The van der Waals surface area contributed by atoms with Crippen molar-refractivity contribution in [1.82, 2.24) is 5.32 Å². The van der Waals surface area contributed by atoms with Crippen LogP contribution < -0.4 is 25.8 Å². The number of nitrogens with two attached hydrogens (primary N) is 1. The number of methoxy groups -OCH3 is 1. The smallest absolute Gasteiger partial charge is 0.255 e. The molecule has 1 aliphatic rings. The third kappa shape index (κ3) is 4.35. The maximum Gasteiger partial charge on any atom is 0.255 e. The van der Waals surface area contributed by atoms with Crippen LogP contribution in [0, 0.1) is 0 Å². The summed E-state index contributed by atoms with van der Waals surface area (Å²) >= 11 is 0. The molecular weight excluding hydrogens is 298 g/mol. The molecular formula is C16H23N3O4. The Kier molecular flexibility index (Phi) is 5.44. The standard InChI is InChI=1S/C16H23N3O4/c1-16(7-3-4-8-18-16)15(21)19-11-5-6-12(22-2)13(9-11)23-10-14(17)20/h5-6,9,18H,3-4,7-8,10H2,1-2H3,(H2,17,20)(H,19,21).